The first-order chi connectivity index (χ1) is 11.5. The zero-order chi connectivity index (χ0) is 17.1. The Bertz CT molecular complexity index is 815. The second-order valence-electron chi connectivity index (χ2n) is 6.65. The number of hydrogen-bond acceptors (Lipinski definition) is 2. The number of amides is 1. The molecule has 0 saturated heterocycles. The number of benzene rings is 2. The lowest BCUT2D eigenvalue weighted by atomic mass is 10.1. The Morgan fingerprint density at radius 3 is 2.50 bits per heavy atom. The molecular weight excluding hydrogens is 298 g/mol. The highest BCUT2D eigenvalue weighted by atomic mass is 16.3. The second-order valence-corrected chi connectivity index (χ2v) is 6.65. The van der Waals surface area contributed by atoms with Gasteiger partial charge in [-0.1, -0.05) is 56.3 Å². The molecule has 2 aromatic carbocycles. The molecule has 0 radical (unpaired) electrons. The van der Waals surface area contributed by atoms with Gasteiger partial charge in [-0.3, -0.25) is 4.79 Å². The fourth-order valence-corrected chi connectivity index (χ4v) is 2.90. The Kier molecular flexibility index (Phi) is 4.70. The van der Waals surface area contributed by atoms with Gasteiger partial charge in [-0.05, 0) is 36.1 Å². The summed E-state index contributed by atoms with van der Waals surface area (Å²) < 4.78 is 5.77. The van der Waals surface area contributed by atoms with Gasteiger partial charge in [0.25, 0.3) is 5.91 Å². The van der Waals surface area contributed by atoms with Crippen LogP contribution in [0.4, 0.5) is 0 Å². The minimum atomic E-state index is -0.0526. The third kappa shape index (κ3) is 3.51. The summed E-state index contributed by atoms with van der Waals surface area (Å²) in [6.07, 6.45) is 0. The fraction of sp³-hybridized carbons (Fsp3) is 0.286. The van der Waals surface area contributed by atoms with Crippen molar-refractivity contribution in [3.63, 3.8) is 0 Å². The van der Waals surface area contributed by atoms with Gasteiger partial charge in [-0.25, -0.2) is 0 Å². The van der Waals surface area contributed by atoms with Crippen molar-refractivity contribution in [3.05, 3.63) is 71.5 Å². The number of hydrogen-bond donors (Lipinski definition) is 0. The Balaban J connectivity index is 1.89. The third-order valence-corrected chi connectivity index (χ3v) is 4.13. The average Bonchev–Trinajstić information content (AvgIpc) is 2.99. The van der Waals surface area contributed by atoms with Crippen LogP contribution in [0.5, 0.6) is 0 Å². The molecule has 0 atom stereocenters. The SMILES string of the molecule is Cc1ccccc1CN(CC(C)C)C(=O)c1cc2ccccc2o1. The van der Waals surface area contributed by atoms with E-state index in [9.17, 15) is 4.79 Å². The van der Waals surface area contributed by atoms with Crippen molar-refractivity contribution >= 4 is 16.9 Å². The van der Waals surface area contributed by atoms with Crippen LogP contribution in [-0.2, 0) is 6.54 Å². The third-order valence-electron chi connectivity index (χ3n) is 4.13. The van der Waals surface area contributed by atoms with Crippen LogP contribution >= 0.6 is 0 Å². The summed E-state index contributed by atoms with van der Waals surface area (Å²) in [6, 6.07) is 17.7. The Labute approximate surface area is 142 Å². The van der Waals surface area contributed by atoms with Gasteiger partial charge in [0.1, 0.15) is 5.58 Å². The molecule has 1 heterocycles. The summed E-state index contributed by atoms with van der Waals surface area (Å²) >= 11 is 0. The first-order valence-corrected chi connectivity index (χ1v) is 8.37. The molecule has 0 bridgehead atoms. The van der Waals surface area contributed by atoms with Crippen molar-refractivity contribution in [2.24, 2.45) is 5.92 Å². The topological polar surface area (TPSA) is 33.5 Å². The van der Waals surface area contributed by atoms with E-state index in [-0.39, 0.29) is 5.91 Å². The number of aryl methyl sites for hydroxylation is 1. The smallest absolute Gasteiger partial charge is 0.289 e. The van der Waals surface area contributed by atoms with E-state index in [2.05, 4.69) is 32.9 Å². The molecule has 3 aromatic rings. The second kappa shape index (κ2) is 6.91. The molecular formula is C21H23NO2. The van der Waals surface area contributed by atoms with Gasteiger partial charge >= 0.3 is 0 Å². The molecule has 1 amide bonds. The van der Waals surface area contributed by atoms with E-state index in [1.165, 1.54) is 11.1 Å². The van der Waals surface area contributed by atoms with Crippen LogP contribution in [0.25, 0.3) is 11.0 Å². The van der Waals surface area contributed by atoms with Gasteiger partial charge in [-0.2, -0.15) is 0 Å². The summed E-state index contributed by atoms with van der Waals surface area (Å²) in [5.74, 6) is 0.746. The van der Waals surface area contributed by atoms with Crippen molar-refractivity contribution in [1.29, 1.82) is 0 Å². The zero-order valence-corrected chi connectivity index (χ0v) is 14.5. The van der Waals surface area contributed by atoms with E-state index in [0.717, 1.165) is 11.0 Å². The molecule has 0 spiro atoms. The molecule has 0 unspecified atom stereocenters. The largest absolute Gasteiger partial charge is 0.451 e. The molecule has 0 aliphatic heterocycles. The predicted octanol–water partition coefficient (Wildman–Crippen LogP) is 5.04. The van der Waals surface area contributed by atoms with Gasteiger partial charge in [0.15, 0.2) is 5.76 Å². The molecule has 3 nitrogen and oxygen atoms in total. The van der Waals surface area contributed by atoms with Crippen LogP contribution in [0.1, 0.15) is 35.5 Å². The maximum absolute atomic E-state index is 13.0. The predicted molar refractivity (Wildman–Crippen MR) is 97.0 cm³/mol. The molecule has 24 heavy (non-hydrogen) atoms. The monoisotopic (exact) mass is 321 g/mol. The number of nitrogens with zero attached hydrogens (tertiary/aromatic N) is 1. The quantitative estimate of drug-likeness (QED) is 0.659. The Morgan fingerprint density at radius 1 is 1.08 bits per heavy atom. The highest BCUT2D eigenvalue weighted by molar-refractivity contribution is 5.96. The molecule has 1 aromatic heterocycles. The van der Waals surface area contributed by atoms with Gasteiger partial charge < -0.3 is 9.32 Å². The van der Waals surface area contributed by atoms with Crippen LogP contribution in [0, 0.1) is 12.8 Å². The zero-order valence-electron chi connectivity index (χ0n) is 14.5. The van der Waals surface area contributed by atoms with Crippen LogP contribution in [-0.4, -0.2) is 17.4 Å². The van der Waals surface area contributed by atoms with Crippen LogP contribution in [0.15, 0.2) is 59.0 Å². The number of carbonyl (C=O) groups excluding carboxylic acids is 1. The maximum Gasteiger partial charge on any atom is 0.289 e. The molecule has 3 rings (SSSR count). The van der Waals surface area contributed by atoms with Crippen molar-refractivity contribution in [3.8, 4) is 0 Å². The van der Waals surface area contributed by atoms with E-state index in [1.807, 2.05) is 47.4 Å². The molecule has 3 heteroatoms. The number of fused-ring (bicyclic) bond motifs is 1. The van der Waals surface area contributed by atoms with Crippen molar-refractivity contribution in [2.75, 3.05) is 6.54 Å². The first-order valence-electron chi connectivity index (χ1n) is 8.37. The van der Waals surface area contributed by atoms with Gasteiger partial charge in [0.05, 0.1) is 0 Å². The van der Waals surface area contributed by atoms with Crippen molar-refractivity contribution < 1.29 is 9.21 Å². The fourth-order valence-electron chi connectivity index (χ4n) is 2.90. The van der Waals surface area contributed by atoms with Crippen LogP contribution in [0.2, 0.25) is 0 Å². The summed E-state index contributed by atoms with van der Waals surface area (Å²) in [5.41, 5.74) is 3.12. The summed E-state index contributed by atoms with van der Waals surface area (Å²) in [4.78, 5) is 14.9. The lowest BCUT2D eigenvalue weighted by Gasteiger charge is -2.24. The Morgan fingerprint density at radius 2 is 1.79 bits per heavy atom. The van der Waals surface area contributed by atoms with Crippen LogP contribution in [0.3, 0.4) is 0 Å². The first kappa shape index (κ1) is 16.3. The summed E-state index contributed by atoms with van der Waals surface area (Å²) in [5, 5.41) is 0.959. The van der Waals surface area contributed by atoms with Crippen LogP contribution < -0.4 is 0 Å². The average molecular weight is 321 g/mol. The normalized spacial score (nSPS) is 11.2. The maximum atomic E-state index is 13.0. The molecule has 0 aliphatic rings. The molecule has 0 N–H and O–H groups in total. The van der Waals surface area contributed by atoms with E-state index < -0.39 is 0 Å². The van der Waals surface area contributed by atoms with E-state index in [1.54, 1.807) is 0 Å². The number of furan rings is 1. The lowest BCUT2D eigenvalue weighted by Crippen LogP contribution is -2.33. The highest BCUT2D eigenvalue weighted by Gasteiger charge is 2.21. The molecule has 0 fully saturated rings. The number of rotatable bonds is 5. The number of carbonyl (C=O) groups is 1. The van der Waals surface area contributed by atoms with Gasteiger partial charge in [-0.15, -0.1) is 0 Å². The van der Waals surface area contributed by atoms with Crippen molar-refractivity contribution in [1.82, 2.24) is 4.90 Å². The molecule has 124 valence electrons. The lowest BCUT2D eigenvalue weighted by molar-refractivity contribution is 0.0692. The summed E-state index contributed by atoms with van der Waals surface area (Å²) in [7, 11) is 0. The highest BCUT2D eigenvalue weighted by Crippen LogP contribution is 2.22. The van der Waals surface area contributed by atoms with E-state index >= 15 is 0 Å². The Hall–Kier alpha value is -2.55. The summed E-state index contributed by atoms with van der Waals surface area (Å²) in [6.45, 7) is 7.62. The van der Waals surface area contributed by atoms with E-state index in [4.69, 9.17) is 4.42 Å². The minimum Gasteiger partial charge on any atom is -0.451 e. The van der Waals surface area contributed by atoms with Gasteiger partial charge in [0.2, 0.25) is 0 Å². The van der Waals surface area contributed by atoms with Crippen molar-refractivity contribution in [2.45, 2.75) is 27.3 Å². The standard InChI is InChI=1S/C21H23NO2/c1-15(2)13-22(14-18-10-5-4-8-16(18)3)21(23)20-12-17-9-6-7-11-19(17)24-20/h4-12,15H,13-14H2,1-3H3. The van der Waals surface area contributed by atoms with E-state index in [0.29, 0.717) is 24.8 Å². The molecule has 0 aliphatic carbocycles. The molecule has 0 saturated carbocycles. The number of para-hydroxylation sites is 1. The van der Waals surface area contributed by atoms with Gasteiger partial charge in [0, 0.05) is 18.5 Å². The minimum absolute atomic E-state index is 0.0526.